The lowest BCUT2D eigenvalue weighted by atomic mass is 10.0. The highest BCUT2D eigenvalue weighted by molar-refractivity contribution is 14.0. The molecule has 1 aliphatic rings. The van der Waals surface area contributed by atoms with E-state index in [4.69, 9.17) is 4.74 Å². The number of ether oxygens (including phenoxy) is 1. The van der Waals surface area contributed by atoms with E-state index in [-0.39, 0.29) is 24.0 Å². The third-order valence-corrected chi connectivity index (χ3v) is 5.23. The van der Waals surface area contributed by atoms with Crippen LogP contribution in [0.2, 0.25) is 0 Å². The highest BCUT2D eigenvalue weighted by atomic mass is 127. The molecule has 0 atom stereocenters. The molecule has 0 unspecified atom stereocenters. The van der Waals surface area contributed by atoms with Crippen molar-refractivity contribution in [3.63, 3.8) is 0 Å². The Morgan fingerprint density at radius 3 is 2.41 bits per heavy atom. The molecule has 5 nitrogen and oxygen atoms in total. The molecule has 3 rings (SSSR count). The van der Waals surface area contributed by atoms with E-state index in [1.807, 2.05) is 18.2 Å². The molecule has 0 bridgehead atoms. The Bertz CT molecular complexity index is 775. The molecule has 6 heteroatoms. The van der Waals surface area contributed by atoms with Gasteiger partial charge in [0.25, 0.3) is 0 Å². The van der Waals surface area contributed by atoms with E-state index in [1.54, 1.807) is 14.2 Å². The molecular formula is C23H33IN4O. The fourth-order valence-corrected chi connectivity index (χ4v) is 3.61. The number of methoxy groups -OCH3 is 1. The van der Waals surface area contributed by atoms with Crippen LogP contribution in [0, 0.1) is 0 Å². The predicted molar refractivity (Wildman–Crippen MR) is 131 cm³/mol. The van der Waals surface area contributed by atoms with Gasteiger partial charge in [0.15, 0.2) is 5.96 Å². The average Bonchev–Trinajstić information content (AvgIpc) is 2.76. The largest absolute Gasteiger partial charge is 0.497 e. The Kier molecular flexibility index (Phi) is 10.3. The van der Waals surface area contributed by atoms with E-state index in [9.17, 15) is 0 Å². The fraction of sp³-hybridized carbons (Fsp3) is 0.435. The summed E-state index contributed by atoms with van der Waals surface area (Å²) in [5.74, 6) is 1.67. The summed E-state index contributed by atoms with van der Waals surface area (Å²) < 4.78 is 5.29. The van der Waals surface area contributed by atoms with E-state index in [1.165, 1.54) is 43.5 Å². The molecule has 0 radical (unpaired) electrons. The molecule has 0 aromatic heterocycles. The molecular weight excluding hydrogens is 475 g/mol. The van der Waals surface area contributed by atoms with Crippen molar-refractivity contribution in [1.29, 1.82) is 0 Å². The summed E-state index contributed by atoms with van der Waals surface area (Å²) in [6, 6.07) is 16.8. The standard InChI is InChI=1S/C23H32N4O.HI/c1-24-23(25-16-19-9-8-12-22(15-19)28-2)26-17-20-10-4-5-11-21(20)18-27-13-6-3-7-14-27;/h4-5,8-12,15H,3,6-7,13-14,16-18H2,1-2H3,(H2,24,25,26);1H. The van der Waals surface area contributed by atoms with Crippen molar-refractivity contribution in [3.05, 3.63) is 65.2 Å². The molecule has 1 heterocycles. The van der Waals surface area contributed by atoms with Crippen molar-refractivity contribution >= 4 is 29.9 Å². The van der Waals surface area contributed by atoms with E-state index >= 15 is 0 Å². The molecule has 29 heavy (non-hydrogen) atoms. The lowest BCUT2D eigenvalue weighted by Gasteiger charge is -2.27. The van der Waals surface area contributed by atoms with Crippen LogP contribution in [0.1, 0.15) is 36.0 Å². The Balaban J connectivity index is 0.00000300. The number of likely N-dealkylation sites (tertiary alicyclic amines) is 1. The monoisotopic (exact) mass is 508 g/mol. The summed E-state index contributed by atoms with van der Waals surface area (Å²) in [4.78, 5) is 6.93. The zero-order chi connectivity index (χ0) is 19.6. The second-order valence-electron chi connectivity index (χ2n) is 7.24. The van der Waals surface area contributed by atoms with E-state index in [0.29, 0.717) is 6.54 Å². The number of aliphatic imine (C=N–C) groups is 1. The van der Waals surface area contributed by atoms with Gasteiger partial charge in [-0.15, -0.1) is 24.0 Å². The first kappa shape index (κ1) is 23.5. The molecule has 158 valence electrons. The van der Waals surface area contributed by atoms with Gasteiger partial charge in [-0.1, -0.05) is 42.8 Å². The minimum absolute atomic E-state index is 0. The van der Waals surface area contributed by atoms with Crippen LogP contribution in [0.4, 0.5) is 0 Å². The maximum Gasteiger partial charge on any atom is 0.191 e. The maximum absolute atomic E-state index is 5.29. The van der Waals surface area contributed by atoms with Gasteiger partial charge in [-0.2, -0.15) is 0 Å². The first-order valence-corrected chi connectivity index (χ1v) is 10.1. The minimum Gasteiger partial charge on any atom is -0.497 e. The summed E-state index contributed by atoms with van der Waals surface area (Å²) in [5, 5.41) is 6.83. The van der Waals surface area contributed by atoms with Gasteiger partial charge < -0.3 is 15.4 Å². The molecule has 1 fully saturated rings. The number of hydrogen-bond acceptors (Lipinski definition) is 3. The van der Waals surface area contributed by atoms with Crippen LogP contribution in [-0.2, 0) is 19.6 Å². The van der Waals surface area contributed by atoms with Gasteiger partial charge in [0.2, 0.25) is 0 Å². The summed E-state index contributed by atoms with van der Waals surface area (Å²) in [7, 11) is 3.49. The van der Waals surface area contributed by atoms with E-state index in [0.717, 1.165) is 30.4 Å². The molecule has 0 saturated carbocycles. The van der Waals surface area contributed by atoms with Crippen molar-refractivity contribution in [2.24, 2.45) is 4.99 Å². The van der Waals surface area contributed by atoms with Gasteiger partial charge >= 0.3 is 0 Å². The highest BCUT2D eigenvalue weighted by Crippen LogP contribution is 2.16. The second-order valence-corrected chi connectivity index (χ2v) is 7.24. The molecule has 2 N–H and O–H groups in total. The lowest BCUT2D eigenvalue weighted by molar-refractivity contribution is 0.220. The third kappa shape index (κ3) is 7.51. The molecule has 0 amide bonds. The first-order chi connectivity index (χ1) is 13.8. The van der Waals surface area contributed by atoms with Gasteiger partial charge in [-0.3, -0.25) is 9.89 Å². The van der Waals surface area contributed by atoms with Gasteiger partial charge in [0.1, 0.15) is 5.75 Å². The number of halogens is 1. The number of guanidine groups is 1. The quantitative estimate of drug-likeness (QED) is 0.335. The van der Waals surface area contributed by atoms with Crippen LogP contribution in [0.15, 0.2) is 53.5 Å². The lowest BCUT2D eigenvalue weighted by Crippen LogP contribution is -2.36. The third-order valence-electron chi connectivity index (χ3n) is 5.23. The van der Waals surface area contributed by atoms with Gasteiger partial charge in [0, 0.05) is 26.7 Å². The topological polar surface area (TPSA) is 48.9 Å². The highest BCUT2D eigenvalue weighted by Gasteiger charge is 2.12. The normalized spacial score (nSPS) is 14.8. The molecule has 0 spiro atoms. The smallest absolute Gasteiger partial charge is 0.191 e. The molecule has 1 saturated heterocycles. The fourth-order valence-electron chi connectivity index (χ4n) is 3.61. The van der Waals surface area contributed by atoms with Crippen LogP contribution < -0.4 is 15.4 Å². The summed E-state index contributed by atoms with van der Waals surface area (Å²) >= 11 is 0. The average molecular weight is 508 g/mol. The first-order valence-electron chi connectivity index (χ1n) is 10.1. The molecule has 2 aromatic carbocycles. The summed E-state index contributed by atoms with van der Waals surface area (Å²) in [5.41, 5.74) is 3.89. The predicted octanol–water partition coefficient (Wildman–Crippen LogP) is 4.16. The van der Waals surface area contributed by atoms with Crippen LogP contribution in [0.5, 0.6) is 5.75 Å². The molecule has 0 aliphatic carbocycles. The summed E-state index contributed by atoms with van der Waals surface area (Å²) in [6.07, 6.45) is 4.01. The zero-order valence-electron chi connectivity index (χ0n) is 17.5. The number of benzene rings is 2. The van der Waals surface area contributed by atoms with Crippen molar-refractivity contribution in [3.8, 4) is 5.75 Å². The van der Waals surface area contributed by atoms with E-state index < -0.39 is 0 Å². The van der Waals surface area contributed by atoms with E-state index in [2.05, 4.69) is 50.9 Å². The van der Waals surface area contributed by atoms with Crippen LogP contribution in [0.25, 0.3) is 0 Å². The van der Waals surface area contributed by atoms with Crippen molar-refractivity contribution in [2.45, 2.75) is 38.9 Å². The van der Waals surface area contributed by atoms with Crippen molar-refractivity contribution in [1.82, 2.24) is 15.5 Å². The Morgan fingerprint density at radius 2 is 1.69 bits per heavy atom. The number of rotatable bonds is 7. The Morgan fingerprint density at radius 1 is 0.966 bits per heavy atom. The number of nitrogens with zero attached hydrogens (tertiary/aromatic N) is 2. The van der Waals surface area contributed by atoms with Crippen molar-refractivity contribution in [2.75, 3.05) is 27.2 Å². The van der Waals surface area contributed by atoms with Gasteiger partial charge in [-0.05, 0) is 54.8 Å². The zero-order valence-corrected chi connectivity index (χ0v) is 19.8. The van der Waals surface area contributed by atoms with Gasteiger partial charge in [-0.25, -0.2) is 0 Å². The number of piperidine rings is 1. The van der Waals surface area contributed by atoms with Crippen LogP contribution >= 0.6 is 24.0 Å². The number of hydrogen-bond donors (Lipinski definition) is 2. The van der Waals surface area contributed by atoms with Crippen LogP contribution in [-0.4, -0.2) is 38.1 Å². The second kappa shape index (κ2) is 12.7. The molecule has 1 aliphatic heterocycles. The Labute approximate surface area is 192 Å². The number of nitrogens with one attached hydrogen (secondary N) is 2. The van der Waals surface area contributed by atoms with Crippen molar-refractivity contribution < 1.29 is 4.74 Å². The SMILES string of the molecule is CN=C(NCc1cccc(OC)c1)NCc1ccccc1CN1CCCCC1.I. The maximum atomic E-state index is 5.29. The molecule has 2 aromatic rings. The van der Waals surface area contributed by atoms with Gasteiger partial charge in [0.05, 0.1) is 7.11 Å². The summed E-state index contributed by atoms with van der Waals surface area (Å²) in [6.45, 7) is 4.93. The minimum atomic E-state index is 0. The van der Waals surface area contributed by atoms with Crippen LogP contribution in [0.3, 0.4) is 0 Å². The Hall–Kier alpha value is -1.80.